The molecule has 90 valence electrons. The minimum Gasteiger partial charge on any atom is -0.375 e. The largest absolute Gasteiger partial charge is 0.375 e. The molecule has 16 heavy (non-hydrogen) atoms. The Morgan fingerprint density at radius 1 is 1.31 bits per heavy atom. The first-order valence-corrected chi connectivity index (χ1v) is 6.58. The van der Waals surface area contributed by atoms with Gasteiger partial charge in [-0.15, -0.1) is 0 Å². The molecule has 0 amide bonds. The van der Waals surface area contributed by atoms with Gasteiger partial charge in [0.05, 0.1) is 5.60 Å². The molecular formula is C13H21NO2. The zero-order valence-electron chi connectivity index (χ0n) is 9.84. The van der Waals surface area contributed by atoms with Gasteiger partial charge in [0.25, 0.3) is 0 Å². The number of Topliss-reactive ketones (excluding diaryl/α,β-unsaturated/α-hetero) is 1. The first kappa shape index (κ1) is 10.7. The maximum atomic E-state index is 12.4. The number of hydrogen-bond acceptors (Lipinski definition) is 3. The summed E-state index contributed by atoms with van der Waals surface area (Å²) >= 11 is 0. The summed E-state index contributed by atoms with van der Waals surface area (Å²) in [6.45, 7) is 1.33. The van der Waals surface area contributed by atoms with Crippen LogP contribution in [0.2, 0.25) is 0 Å². The number of nitrogens with two attached hydrogens (primary N) is 1. The summed E-state index contributed by atoms with van der Waals surface area (Å²) in [6.07, 6.45) is 7.51. The molecule has 1 atom stereocenters. The molecule has 1 heterocycles. The Balaban J connectivity index is 1.68. The fourth-order valence-electron chi connectivity index (χ4n) is 3.31. The number of ether oxygens (including phenoxy) is 1. The number of hydrogen-bond donors (Lipinski definition) is 1. The van der Waals surface area contributed by atoms with E-state index in [-0.39, 0.29) is 16.9 Å². The van der Waals surface area contributed by atoms with Crippen LogP contribution >= 0.6 is 0 Å². The third-order valence-electron chi connectivity index (χ3n) is 4.90. The quantitative estimate of drug-likeness (QED) is 0.791. The van der Waals surface area contributed by atoms with Gasteiger partial charge in [-0.05, 0) is 44.9 Å². The molecule has 0 aromatic heterocycles. The van der Waals surface area contributed by atoms with E-state index in [1.54, 1.807) is 0 Å². The summed E-state index contributed by atoms with van der Waals surface area (Å²) in [5.41, 5.74) is 5.71. The van der Waals surface area contributed by atoms with Crippen molar-refractivity contribution in [1.82, 2.24) is 0 Å². The molecule has 3 heteroatoms. The molecule has 3 fully saturated rings. The summed E-state index contributed by atoms with van der Waals surface area (Å²) in [7, 11) is 0. The summed E-state index contributed by atoms with van der Waals surface area (Å²) < 4.78 is 5.87. The van der Waals surface area contributed by atoms with Crippen LogP contribution in [0.3, 0.4) is 0 Å². The van der Waals surface area contributed by atoms with Gasteiger partial charge in [-0.1, -0.05) is 0 Å². The van der Waals surface area contributed by atoms with Crippen molar-refractivity contribution >= 4 is 5.78 Å². The van der Waals surface area contributed by atoms with Crippen LogP contribution in [0, 0.1) is 11.3 Å². The van der Waals surface area contributed by atoms with E-state index in [4.69, 9.17) is 10.5 Å². The van der Waals surface area contributed by atoms with Gasteiger partial charge in [-0.2, -0.15) is 0 Å². The molecule has 0 aromatic rings. The van der Waals surface area contributed by atoms with Crippen LogP contribution < -0.4 is 5.73 Å². The van der Waals surface area contributed by atoms with E-state index >= 15 is 0 Å². The smallest absolute Gasteiger partial charge is 0.143 e. The molecular weight excluding hydrogens is 202 g/mol. The first-order chi connectivity index (χ1) is 7.70. The van der Waals surface area contributed by atoms with E-state index in [0.29, 0.717) is 12.3 Å². The van der Waals surface area contributed by atoms with Crippen LogP contribution in [0.15, 0.2) is 0 Å². The Labute approximate surface area is 96.7 Å². The fourth-order valence-corrected chi connectivity index (χ4v) is 3.31. The van der Waals surface area contributed by atoms with Gasteiger partial charge < -0.3 is 10.5 Å². The summed E-state index contributed by atoms with van der Waals surface area (Å²) in [6, 6.07) is 0. The van der Waals surface area contributed by atoms with E-state index in [2.05, 4.69) is 0 Å². The number of ketones is 1. The predicted molar refractivity (Wildman–Crippen MR) is 61.0 cm³/mol. The Kier molecular flexibility index (Phi) is 2.37. The molecule has 2 N–H and O–H groups in total. The number of carbonyl (C=O) groups excluding carboxylic acids is 1. The van der Waals surface area contributed by atoms with Gasteiger partial charge in [-0.25, -0.2) is 0 Å². The van der Waals surface area contributed by atoms with Gasteiger partial charge in [-0.3, -0.25) is 4.79 Å². The minimum atomic E-state index is -0.118. The molecule has 3 aliphatic rings. The highest BCUT2D eigenvalue weighted by Crippen LogP contribution is 2.51. The Morgan fingerprint density at radius 3 is 2.56 bits per heavy atom. The second kappa shape index (κ2) is 3.54. The summed E-state index contributed by atoms with van der Waals surface area (Å²) in [5.74, 6) is 0.685. The summed E-state index contributed by atoms with van der Waals surface area (Å²) in [5, 5.41) is 0. The molecule has 1 saturated heterocycles. The molecule has 1 spiro atoms. The van der Waals surface area contributed by atoms with Crippen LogP contribution in [0.25, 0.3) is 0 Å². The maximum Gasteiger partial charge on any atom is 0.143 e. The Hall–Kier alpha value is -0.410. The third-order valence-corrected chi connectivity index (χ3v) is 4.90. The van der Waals surface area contributed by atoms with Crippen molar-refractivity contribution in [3.05, 3.63) is 0 Å². The van der Waals surface area contributed by atoms with E-state index < -0.39 is 0 Å². The molecule has 0 bridgehead atoms. The first-order valence-electron chi connectivity index (χ1n) is 6.58. The monoisotopic (exact) mass is 223 g/mol. The zero-order valence-corrected chi connectivity index (χ0v) is 9.84. The highest BCUT2D eigenvalue weighted by Gasteiger charge is 2.53. The van der Waals surface area contributed by atoms with Gasteiger partial charge in [0.1, 0.15) is 5.78 Å². The number of carbonyl (C=O) groups is 1. The molecule has 1 aliphatic heterocycles. The lowest BCUT2D eigenvalue weighted by molar-refractivity contribution is -0.158. The lowest BCUT2D eigenvalue weighted by Crippen LogP contribution is -2.48. The SMILES string of the molecule is NCC1(C(=O)C2CCOC3(CCC3)C2)CC1. The van der Waals surface area contributed by atoms with Crippen molar-refractivity contribution in [3.63, 3.8) is 0 Å². The maximum absolute atomic E-state index is 12.4. The normalized spacial score (nSPS) is 34.4. The molecule has 1 unspecified atom stereocenters. The summed E-state index contributed by atoms with van der Waals surface area (Å²) in [4.78, 5) is 12.4. The molecule has 2 saturated carbocycles. The van der Waals surface area contributed by atoms with Crippen molar-refractivity contribution < 1.29 is 9.53 Å². The van der Waals surface area contributed by atoms with E-state index in [1.807, 2.05) is 0 Å². The van der Waals surface area contributed by atoms with Gasteiger partial charge in [0.15, 0.2) is 0 Å². The van der Waals surface area contributed by atoms with E-state index in [0.717, 1.165) is 45.1 Å². The highest BCUT2D eigenvalue weighted by atomic mass is 16.5. The standard InChI is InChI=1S/C13H21NO2/c14-9-12(5-6-12)11(15)10-2-7-16-13(8-10)3-1-4-13/h10H,1-9,14H2. The predicted octanol–water partition coefficient (Wildman–Crippen LogP) is 1.64. The molecule has 3 nitrogen and oxygen atoms in total. The van der Waals surface area contributed by atoms with Crippen molar-refractivity contribution in [2.24, 2.45) is 17.1 Å². The Morgan fingerprint density at radius 2 is 2.06 bits per heavy atom. The second-order valence-electron chi connectivity index (χ2n) is 5.92. The average Bonchev–Trinajstić information content (AvgIpc) is 3.07. The lowest BCUT2D eigenvalue weighted by Gasteiger charge is -2.47. The van der Waals surface area contributed by atoms with Crippen LogP contribution in [0.5, 0.6) is 0 Å². The third kappa shape index (κ3) is 1.52. The van der Waals surface area contributed by atoms with Gasteiger partial charge in [0.2, 0.25) is 0 Å². The zero-order chi connectivity index (χ0) is 11.2. The second-order valence-corrected chi connectivity index (χ2v) is 5.92. The van der Waals surface area contributed by atoms with Crippen LogP contribution in [0.1, 0.15) is 44.9 Å². The average molecular weight is 223 g/mol. The van der Waals surface area contributed by atoms with Crippen molar-refractivity contribution in [2.75, 3.05) is 13.2 Å². The minimum absolute atomic E-state index is 0.0866. The van der Waals surface area contributed by atoms with E-state index in [9.17, 15) is 4.79 Å². The highest BCUT2D eigenvalue weighted by molar-refractivity contribution is 5.89. The number of rotatable bonds is 3. The van der Waals surface area contributed by atoms with Crippen LogP contribution in [-0.4, -0.2) is 24.5 Å². The van der Waals surface area contributed by atoms with Gasteiger partial charge >= 0.3 is 0 Å². The van der Waals surface area contributed by atoms with Gasteiger partial charge in [0, 0.05) is 24.5 Å². The fraction of sp³-hybridized carbons (Fsp3) is 0.923. The van der Waals surface area contributed by atoms with Crippen molar-refractivity contribution in [1.29, 1.82) is 0 Å². The van der Waals surface area contributed by atoms with Crippen molar-refractivity contribution in [2.45, 2.75) is 50.5 Å². The Bertz CT molecular complexity index is 305. The topological polar surface area (TPSA) is 52.3 Å². The van der Waals surface area contributed by atoms with Crippen LogP contribution in [0.4, 0.5) is 0 Å². The molecule has 3 rings (SSSR count). The van der Waals surface area contributed by atoms with E-state index in [1.165, 1.54) is 6.42 Å². The molecule has 0 radical (unpaired) electrons. The molecule has 0 aromatic carbocycles. The van der Waals surface area contributed by atoms with Crippen molar-refractivity contribution in [3.8, 4) is 0 Å². The molecule has 2 aliphatic carbocycles. The lowest BCUT2D eigenvalue weighted by atomic mass is 9.69. The van der Waals surface area contributed by atoms with Crippen LogP contribution in [-0.2, 0) is 9.53 Å².